The number of urea groups is 1. The Labute approximate surface area is 167 Å². The summed E-state index contributed by atoms with van der Waals surface area (Å²) >= 11 is 1.58. The first-order valence-corrected chi connectivity index (χ1v) is 10.7. The summed E-state index contributed by atoms with van der Waals surface area (Å²) in [4.78, 5) is 19.1. The second kappa shape index (κ2) is 7.09. The lowest BCUT2D eigenvalue weighted by molar-refractivity contribution is -0.132. The maximum Gasteiger partial charge on any atom is 0.390 e. The third-order valence-electron chi connectivity index (χ3n) is 6.19. The highest BCUT2D eigenvalue weighted by Crippen LogP contribution is 2.48. The first kappa shape index (κ1) is 19.8. The molecule has 1 saturated heterocycles. The Balaban J connectivity index is 1.64. The minimum Gasteiger partial charge on any atom is -0.350 e. The molecule has 0 spiro atoms. The van der Waals surface area contributed by atoms with E-state index in [0.717, 1.165) is 35.7 Å². The van der Waals surface area contributed by atoms with Gasteiger partial charge >= 0.3 is 12.2 Å². The molecular weight excluding hydrogens is 389 g/mol. The smallest absolute Gasteiger partial charge is 0.350 e. The van der Waals surface area contributed by atoms with E-state index in [-0.39, 0.29) is 18.1 Å². The van der Waals surface area contributed by atoms with Gasteiger partial charge in [-0.1, -0.05) is 6.92 Å². The molecule has 4 rings (SSSR count). The molecule has 2 amide bonds. The molecule has 5 nitrogen and oxygen atoms in total. The van der Waals surface area contributed by atoms with Crippen molar-refractivity contribution in [2.24, 2.45) is 0 Å². The number of nitrogens with one attached hydrogen (secondary N) is 1. The number of fused-ring (bicyclic) bond motifs is 1. The standard InChI is InChI=1S/C19H27F3N4OS/c1-3-13-14-10-26(18(2)4-5-18)12-25(8-6-19(20,21)22)16(14)28-15(13)11-24-9-7-23-17(24)27/h3-12H2,1-2H3,(H,23,27). The number of halogens is 3. The van der Waals surface area contributed by atoms with E-state index in [4.69, 9.17) is 0 Å². The summed E-state index contributed by atoms with van der Waals surface area (Å²) in [6.07, 6.45) is -1.94. The molecule has 0 bridgehead atoms. The van der Waals surface area contributed by atoms with Crippen molar-refractivity contribution in [1.29, 1.82) is 0 Å². The summed E-state index contributed by atoms with van der Waals surface area (Å²) in [6.45, 7) is 7.48. The molecule has 0 aromatic carbocycles. The van der Waals surface area contributed by atoms with E-state index in [1.165, 1.54) is 11.1 Å². The maximum absolute atomic E-state index is 12.9. The number of hydrogen-bond acceptors (Lipinski definition) is 4. The summed E-state index contributed by atoms with van der Waals surface area (Å²) in [5.41, 5.74) is 2.49. The van der Waals surface area contributed by atoms with Gasteiger partial charge in [0.25, 0.3) is 0 Å². The predicted molar refractivity (Wildman–Crippen MR) is 104 cm³/mol. The van der Waals surface area contributed by atoms with E-state index in [0.29, 0.717) is 26.3 Å². The molecule has 1 aliphatic carbocycles. The van der Waals surface area contributed by atoms with Gasteiger partial charge in [0.1, 0.15) is 0 Å². The average Bonchev–Trinajstić information content (AvgIpc) is 3.10. The molecule has 2 fully saturated rings. The van der Waals surface area contributed by atoms with E-state index in [1.807, 2.05) is 4.90 Å². The topological polar surface area (TPSA) is 38.8 Å². The molecule has 0 unspecified atom stereocenters. The van der Waals surface area contributed by atoms with Crippen molar-refractivity contribution in [3.63, 3.8) is 0 Å². The van der Waals surface area contributed by atoms with Crippen molar-refractivity contribution in [3.8, 4) is 0 Å². The van der Waals surface area contributed by atoms with Crippen LogP contribution in [0.25, 0.3) is 0 Å². The van der Waals surface area contributed by atoms with Crippen LogP contribution in [0, 0.1) is 0 Å². The second-order valence-corrected chi connectivity index (χ2v) is 9.34. The van der Waals surface area contributed by atoms with Gasteiger partial charge in [-0.15, -0.1) is 11.3 Å². The highest BCUT2D eigenvalue weighted by atomic mass is 32.1. The van der Waals surface area contributed by atoms with Crippen LogP contribution in [0.5, 0.6) is 0 Å². The van der Waals surface area contributed by atoms with Crippen molar-refractivity contribution in [1.82, 2.24) is 15.1 Å². The van der Waals surface area contributed by atoms with Gasteiger partial charge in [-0.25, -0.2) is 4.79 Å². The molecule has 1 N–H and O–H groups in total. The summed E-state index contributed by atoms with van der Waals surface area (Å²) in [6, 6.07) is -0.0607. The maximum atomic E-state index is 12.9. The van der Waals surface area contributed by atoms with E-state index >= 15 is 0 Å². The zero-order valence-corrected chi connectivity index (χ0v) is 17.2. The monoisotopic (exact) mass is 416 g/mol. The first-order chi connectivity index (χ1) is 13.2. The lowest BCUT2D eigenvalue weighted by Crippen LogP contribution is -2.47. The van der Waals surface area contributed by atoms with Crippen LogP contribution in [-0.4, -0.2) is 53.8 Å². The zero-order chi connectivity index (χ0) is 20.1. The minimum absolute atomic E-state index is 0.0175. The van der Waals surface area contributed by atoms with Gasteiger partial charge in [0.05, 0.1) is 24.6 Å². The van der Waals surface area contributed by atoms with Crippen LogP contribution in [0.4, 0.5) is 23.0 Å². The normalized spacial score (nSPS) is 21.8. The molecule has 1 aromatic rings. The summed E-state index contributed by atoms with van der Waals surface area (Å²) in [5, 5.41) is 3.79. The van der Waals surface area contributed by atoms with Gasteiger partial charge in [-0.05, 0) is 31.7 Å². The van der Waals surface area contributed by atoms with Gasteiger partial charge in [-0.2, -0.15) is 13.2 Å². The van der Waals surface area contributed by atoms with Gasteiger partial charge in [0.15, 0.2) is 0 Å². The number of carbonyl (C=O) groups is 1. The number of amides is 2. The van der Waals surface area contributed by atoms with Gasteiger partial charge in [-0.3, -0.25) is 4.90 Å². The van der Waals surface area contributed by atoms with Crippen LogP contribution in [0.15, 0.2) is 0 Å². The van der Waals surface area contributed by atoms with Crippen molar-refractivity contribution in [3.05, 3.63) is 16.0 Å². The third-order valence-corrected chi connectivity index (χ3v) is 7.51. The molecule has 0 radical (unpaired) electrons. The fourth-order valence-electron chi connectivity index (χ4n) is 4.13. The largest absolute Gasteiger partial charge is 0.390 e. The SMILES string of the molecule is CCc1c(CN2CCNC2=O)sc2c1CN(C1(C)CC1)CN2CCC(F)(F)F. The molecular formula is C19H27F3N4OS. The number of carbonyl (C=O) groups excluding carboxylic acids is 1. The van der Waals surface area contributed by atoms with E-state index in [1.54, 1.807) is 16.2 Å². The van der Waals surface area contributed by atoms with Gasteiger partial charge in [0.2, 0.25) is 0 Å². The van der Waals surface area contributed by atoms with Crippen molar-refractivity contribution in [2.75, 3.05) is 31.2 Å². The Morgan fingerprint density at radius 3 is 2.57 bits per heavy atom. The van der Waals surface area contributed by atoms with Crippen LogP contribution in [0.1, 0.15) is 49.1 Å². The summed E-state index contributed by atoms with van der Waals surface area (Å²) in [7, 11) is 0. The van der Waals surface area contributed by atoms with Crippen LogP contribution in [0.2, 0.25) is 0 Å². The van der Waals surface area contributed by atoms with Crippen LogP contribution >= 0.6 is 11.3 Å². The lowest BCUT2D eigenvalue weighted by Gasteiger charge is -2.40. The Hall–Kier alpha value is -1.48. The predicted octanol–water partition coefficient (Wildman–Crippen LogP) is 3.92. The fraction of sp³-hybridized carbons (Fsp3) is 0.737. The Bertz CT molecular complexity index is 759. The molecule has 1 aromatic heterocycles. The molecule has 2 aliphatic heterocycles. The third kappa shape index (κ3) is 3.83. The number of anilines is 1. The van der Waals surface area contributed by atoms with Crippen LogP contribution < -0.4 is 10.2 Å². The van der Waals surface area contributed by atoms with Crippen molar-refractivity contribution < 1.29 is 18.0 Å². The Morgan fingerprint density at radius 1 is 1.25 bits per heavy atom. The summed E-state index contributed by atoms with van der Waals surface area (Å²) < 4.78 is 38.7. The molecule has 1 saturated carbocycles. The fourth-order valence-corrected chi connectivity index (χ4v) is 5.57. The number of alkyl halides is 3. The Kier molecular flexibility index (Phi) is 5.02. The number of thiophene rings is 1. The lowest BCUT2D eigenvalue weighted by atomic mass is 10.0. The van der Waals surface area contributed by atoms with Gasteiger partial charge in [0, 0.05) is 42.2 Å². The van der Waals surface area contributed by atoms with Crippen LogP contribution in [-0.2, 0) is 19.5 Å². The van der Waals surface area contributed by atoms with E-state index in [9.17, 15) is 18.0 Å². The molecule has 9 heteroatoms. The summed E-state index contributed by atoms with van der Waals surface area (Å²) in [5.74, 6) is 0. The molecule has 28 heavy (non-hydrogen) atoms. The second-order valence-electron chi connectivity index (χ2n) is 8.26. The van der Waals surface area contributed by atoms with Gasteiger partial charge < -0.3 is 15.1 Å². The highest BCUT2D eigenvalue weighted by Gasteiger charge is 2.46. The zero-order valence-electron chi connectivity index (χ0n) is 16.4. The average molecular weight is 417 g/mol. The minimum atomic E-state index is -4.16. The first-order valence-electron chi connectivity index (χ1n) is 9.93. The molecule has 156 valence electrons. The van der Waals surface area contributed by atoms with Crippen LogP contribution in [0.3, 0.4) is 0 Å². The van der Waals surface area contributed by atoms with Crippen molar-refractivity contribution in [2.45, 2.75) is 64.3 Å². The number of hydrogen-bond donors (Lipinski definition) is 1. The van der Waals surface area contributed by atoms with Crippen molar-refractivity contribution >= 4 is 22.4 Å². The van der Waals surface area contributed by atoms with E-state index in [2.05, 4.69) is 24.1 Å². The number of nitrogens with zero attached hydrogens (tertiary/aromatic N) is 3. The molecule has 3 heterocycles. The molecule has 0 atom stereocenters. The highest BCUT2D eigenvalue weighted by molar-refractivity contribution is 7.16. The van der Waals surface area contributed by atoms with E-state index < -0.39 is 12.6 Å². The molecule has 3 aliphatic rings. The quantitative estimate of drug-likeness (QED) is 0.764. The Morgan fingerprint density at radius 2 is 2.00 bits per heavy atom. The number of rotatable bonds is 6.